The summed E-state index contributed by atoms with van der Waals surface area (Å²) < 4.78 is 7.02. The van der Waals surface area contributed by atoms with E-state index in [0.717, 1.165) is 36.2 Å². The highest BCUT2D eigenvalue weighted by Gasteiger charge is 2.25. The van der Waals surface area contributed by atoms with Gasteiger partial charge in [0.1, 0.15) is 0 Å². The topological polar surface area (TPSA) is 100 Å². The number of allylic oxidation sites excluding steroid dienone is 2. The number of hydrogen-bond acceptors (Lipinski definition) is 5. The van der Waals surface area contributed by atoms with E-state index in [1.807, 2.05) is 34.9 Å². The largest absolute Gasteiger partial charge is 0.383 e. The predicted octanol–water partition coefficient (Wildman–Crippen LogP) is 2.96. The summed E-state index contributed by atoms with van der Waals surface area (Å²) in [6.07, 6.45) is 8.43. The Morgan fingerprint density at radius 2 is 1.97 bits per heavy atom. The minimum Gasteiger partial charge on any atom is -0.383 e. The van der Waals surface area contributed by atoms with Crippen LogP contribution in [0.3, 0.4) is 0 Å². The SMILES string of the molecule is COCCNC(=O)C1=C(C)c2cn(CC3CCN(C(=O)c4ccc(C#N)cc4)CC3)nc2CC=C1. The number of likely N-dealkylation sites (tertiary alicyclic amines) is 1. The van der Waals surface area contributed by atoms with Gasteiger partial charge in [-0.25, -0.2) is 0 Å². The first-order valence-electron chi connectivity index (χ1n) is 12.0. The zero-order valence-electron chi connectivity index (χ0n) is 20.3. The summed E-state index contributed by atoms with van der Waals surface area (Å²) in [4.78, 5) is 27.3. The van der Waals surface area contributed by atoms with Crippen LogP contribution in [0, 0.1) is 17.2 Å². The molecule has 1 fully saturated rings. The molecule has 8 heteroatoms. The van der Waals surface area contributed by atoms with E-state index in [0.29, 0.717) is 55.3 Å². The molecule has 1 aromatic carbocycles. The number of nitrogens with zero attached hydrogens (tertiary/aromatic N) is 4. The maximum absolute atomic E-state index is 12.8. The molecular formula is C27H31N5O3. The number of piperidine rings is 1. The van der Waals surface area contributed by atoms with E-state index in [1.54, 1.807) is 31.4 Å². The lowest BCUT2D eigenvalue weighted by atomic mass is 9.96. The van der Waals surface area contributed by atoms with Gasteiger partial charge in [0.2, 0.25) is 0 Å². The van der Waals surface area contributed by atoms with Crippen molar-refractivity contribution >= 4 is 17.4 Å². The standard InChI is InChI=1S/C27H31N5O3/c1-19-23(26(33)29-12-15-35-2)4-3-5-25-24(19)18-32(30-25)17-21-10-13-31(14-11-21)27(34)22-8-6-20(16-28)7-9-22/h3-4,6-9,18,21H,5,10-15,17H2,1-2H3,(H,29,33). The summed E-state index contributed by atoms with van der Waals surface area (Å²) >= 11 is 0. The fourth-order valence-corrected chi connectivity index (χ4v) is 4.64. The molecule has 1 saturated heterocycles. The van der Waals surface area contributed by atoms with Crippen LogP contribution < -0.4 is 5.32 Å². The van der Waals surface area contributed by atoms with Crippen LogP contribution in [0.5, 0.6) is 0 Å². The monoisotopic (exact) mass is 473 g/mol. The molecule has 182 valence electrons. The Kier molecular flexibility index (Phi) is 7.78. The molecule has 4 rings (SSSR count). The van der Waals surface area contributed by atoms with Gasteiger partial charge in [-0.3, -0.25) is 14.3 Å². The summed E-state index contributed by atoms with van der Waals surface area (Å²) in [6, 6.07) is 8.89. The van der Waals surface area contributed by atoms with Gasteiger partial charge in [-0.05, 0) is 55.5 Å². The first kappa shape index (κ1) is 24.4. The van der Waals surface area contributed by atoms with Crippen LogP contribution in [0.25, 0.3) is 5.57 Å². The Hall–Kier alpha value is -3.70. The second-order valence-electron chi connectivity index (χ2n) is 9.03. The van der Waals surface area contributed by atoms with Crippen molar-refractivity contribution in [2.24, 2.45) is 5.92 Å². The summed E-state index contributed by atoms with van der Waals surface area (Å²) in [5.41, 5.74) is 4.76. The van der Waals surface area contributed by atoms with Crippen molar-refractivity contribution < 1.29 is 14.3 Å². The number of nitrogens with one attached hydrogen (secondary N) is 1. The first-order chi connectivity index (χ1) is 17.0. The van der Waals surface area contributed by atoms with E-state index in [2.05, 4.69) is 11.4 Å². The Balaban J connectivity index is 1.37. The number of benzene rings is 1. The number of nitriles is 1. The Morgan fingerprint density at radius 1 is 1.23 bits per heavy atom. The molecule has 0 atom stereocenters. The lowest BCUT2D eigenvalue weighted by Crippen LogP contribution is -2.39. The first-order valence-corrected chi connectivity index (χ1v) is 12.0. The molecule has 2 heterocycles. The third kappa shape index (κ3) is 5.69. The highest BCUT2D eigenvalue weighted by Crippen LogP contribution is 2.28. The molecular weight excluding hydrogens is 442 g/mol. The molecule has 0 saturated carbocycles. The van der Waals surface area contributed by atoms with Gasteiger partial charge in [0.05, 0.1) is 23.9 Å². The lowest BCUT2D eigenvalue weighted by molar-refractivity contribution is -0.117. The van der Waals surface area contributed by atoms with E-state index in [-0.39, 0.29) is 11.8 Å². The van der Waals surface area contributed by atoms with Crippen molar-refractivity contribution in [3.63, 3.8) is 0 Å². The fourth-order valence-electron chi connectivity index (χ4n) is 4.64. The van der Waals surface area contributed by atoms with Crippen molar-refractivity contribution in [1.29, 1.82) is 5.26 Å². The van der Waals surface area contributed by atoms with E-state index in [1.165, 1.54) is 0 Å². The molecule has 2 aliphatic rings. The van der Waals surface area contributed by atoms with Crippen molar-refractivity contribution in [2.75, 3.05) is 33.4 Å². The Bertz CT molecular complexity index is 1180. The molecule has 1 aliphatic heterocycles. The molecule has 0 unspecified atom stereocenters. The minimum absolute atomic E-state index is 0.0163. The lowest BCUT2D eigenvalue weighted by Gasteiger charge is -2.32. The van der Waals surface area contributed by atoms with Gasteiger partial charge in [0, 0.05) is 62.6 Å². The number of aromatic nitrogens is 2. The highest BCUT2D eigenvalue weighted by molar-refractivity contribution is 6.04. The van der Waals surface area contributed by atoms with Crippen LogP contribution in [0.2, 0.25) is 0 Å². The third-order valence-electron chi connectivity index (χ3n) is 6.69. The molecule has 1 aliphatic carbocycles. The Labute approximate surface area is 205 Å². The predicted molar refractivity (Wildman–Crippen MR) is 132 cm³/mol. The van der Waals surface area contributed by atoms with E-state index in [4.69, 9.17) is 15.1 Å². The van der Waals surface area contributed by atoms with E-state index < -0.39 is 0 Å². The normalized spacial score (nSPS) is 16.0. The molecule has 2 aromatic rings. The smallest absolute Gasteiger partial charge is 0.253 e. The molecule has 0 radical (unpaired) electrons. The van der Waals surface area contributed by atoms with Gasteiger partial charge in [0.25, 0.3) is 11.8 Å². The number of hydrogen-bond donors (Lipinski definition) is 1. The summed E-state index contributed by atoms with van der Waals surface area (Å²) in [6.45, 7) is 5.12. The second kappa shape index (κ2) is 11.2. The van der Waals surface area contributed by atoms with E-state index >= 15 is 0 Å². The zero-order valence-corrected chi connectivity index (χ0v) is 20.3. The summed E-state index contributed by atoms with van der Waals surface area (Å²) in [5.74, 6) is 0.346. The van der Waals surface area contributed by atoms with Crippen LogP contribution >= 0.6 is 0 Å². The third-order valence-corrected chi connectivity index (χ3v) is 6.69. The molecule has 1 N–H and O–H groups in total. The van der Waals surface area contributed by atoms with Gasteiger partial charge in [-0.15, -0.1) is 0 Å². The molecule has 0 bridgehead atoms. The van der Waals surface area contributed by atoms with E-state index in [9.17, 15) is 9.59 Å². The van der Waals surface area contributed by atoms with Gasteiger partial charge < -0.3 is 15.0 Å². The van der Waals surface area contributed by atoms with Crippen LogP contribution in [0.4, 0.5) is 0 Å². The van der Waals surface area contributed by atoms with Crippen LogP contribution in [-0.4, -0.2) is 59.8 Å². The van der Waals surface area contributed by atoms with Crippen molar-refractivity contribution in [3.8, 4) is 6.07 Å². The van der Waals surface area contributed by atoms with Crippen molar-refractivity contribution in [2.45, 2.75) is 32.7 Å². The maximum Gasteiger partial charge on any atom is 0.253 e. The Morgan fingerprint density at radius 3 is 2.66 bits per heavy atom. The summed E-state index contributed by atoms with van der Waals surface area (Å²) in [5, 5.41) is 16.7. The van der Waals surface area contributed by atoms with Gasteiger partial charge in [-0.2, -0.15) is 10.4 Å². The van der Waals surface area contributed by atoms with Gasteiger partial charge >= 0.3 is 0 Å². The number of carbonyl (C=O) groups is 2. The number of ether oxygens (including phenoxy) is 1. The van der Waals surface area contributed by atoms with Crippen molar-refractivity contribution in [1.82, 2.24) is 20.0 Å². The number of fused-ring (bicyclic) bond motifs is 1. The van der Waals surface area contributed by atoms with Gasteiger partial charge in [-0.1, -0.05) is 12.2 Å². The average molecular weight is 474 g/mol. The summed E-state index contributed by atoms with van der Waals surface area (Å²) in [7, 11) is 1.61. The fraction of sp³-hybridized carbons (Fsp3) is 0.407. The number of amides is 2. The number of rotatable bonds is 7. The minimum atomic E-state index is -0.101. The van der Waals surface area contributed by atoms with Crippen molar-refractivity contribution in [3.05, 3.63) is 70.6 Å². The number of carbonyl (C=O) groups excluding carboxylic acids is 2. The molecule has 35 heavy (non-hydrogen) atoms. The van der Waals surface area contributed by atoms with Crippen LogP contribution in [0.1, 0.15) is 46.9 Å². The highest BCUT2D eigenvalue weighted by atomic mass is 16.5. The quantitative estimate of drug-likeness (QED) is 0.623. The van der Waals surface area contributed by atoms with Gasteiger partial charge in [0.15, 0.2) is 0 Å². The van der Waals surface area contributed by atoms with Crippen LogP contribution in [-0.2, 0) is 22.5 Å². The molecule has 2 amide bonds. The molecule has 1 aromatic heterocycles. The maximum atomic E-state index is 12.8. The second-order valence-corrected chi connectivity index (χ2v) is 9.03. The molecule has 8 nitrogen and oxygen atoms in total. The zero-order chi connectivity index (χ0) is 24.8. The average Bonchev–Trinajstić information content (AvgIpc) is 3.22. The molecule has 0 spiro atoms. The number of methoxy groups -OCH3 is 1. The van der Waals surface area contributed by atoms with Crippen LogP contribution in [0.15, 0.2) is 48.2 Å².